The molecule has 0 fully saturated rings. The van der Waals surface area contributed by atoms with Gasteiger partial charge in [-0.2, -0.15) is 0 Å². The minimum atomic E-state index is -0.964. The lowest BCUT2D eigenvalue weighted by Crippen LogP contribution is -2.39. The molecule has 0 bridgehead atoms. The number of hydrogen-bond acceptors (Lipinski definition) is 3. The lowest BCUT2D eigenvalue weighted by atomic mass is 10.0. The molecule has 0 aliphatic heterocycles. The van der Waals surface area contributed by atoms with E-state index in [9.17, 15) is 4.79 Å². The van der Waals surface area contributed by atoms with Crippen molar-refractivity contribution in [3.63, 3.8) is 0 Å². The van der Waals surface area contributed by atoms with Gasteiger partial charge in [-0.3, -0.25) is 0 Å². The zero-order chi connectivity index (χ0) is 13.1. The van der Waals surface area contributed by atoms with Crippen LogP contribution in [0.2, 0.25) is 0 Å². The van der Waals surface area contributed by atoms with E-state index in [2.05, 4.69) is 18.6 Å². The third kappa shape index (κ3) is 3.48. The number of esters is 1. The highest BCUT2D eigenvalue weighted by Crippen LogP contribution is 2.22. The van der Waals surface area contributed by atoms with Gasteiger partial charge in [0.25, 0.3) is 0 Å². The number of carbonyl (C=O) groups excluding carboxylic acids is 1. The molecule has 1 aromatic carbocycles. The Labute approximate surface area is 103 Å². The van der Waals surface area contributed by atoms with E-state index in [0.717, 1.165) is 0 Å². The topological polar surface area (TPSA) is 35.5 Å². The predicted molar refractivity (Wildman–Crippen MR) is 67.3 cm³/mol. The molecule has 0 unspecified atom stereocenters. The van der Waals surface area contributed by atoms with Crippen LogP contribution in [-0.2, 0) is 9.53 Å². The van der Waals surface area contributed by atoms with Crippen molar-refractivity contribution in [3.8, 4) is 5.75 Å². The molecule has 0 spiro atoms. The van der Waals surface area contributed by atoms with Gasteiger partial charge in [0.15, 0.2) is 5.60 Å². The van der Waals surface area contributed by atoms with Gasteiger partial charge in [-0.15, -0.1) is 0 Å². The van der Waals surface area contributed by atoms with E-state index in [0.29, 0.717) is 11.7 Å². The normalized spacial score (nSPS) is 11.4. The Morgan fingerprint density at radius 3 is 2.12 bits per heavy atom. The van der Waals surface area contributed by atoms with E-state index in [1.165, 1.54) is 12.7 Å². The van der Waals surface area contributed by atoms with E-state index in [1.807, 2.05) is 24.3 Å². The van der Waals surface area contributed by atoms with Crippen LogP contribution in [0.5, 0.6) is 5.75 Å². The van der Waals surface area contributed by atoms with Crippen LogP contribution in [0.4, 0.5) is 0 Å². The molecule has 0 saturated heterocycles. The highest BCUT2D eigenvalue weighted by Gasteiger charge is 2.30. The fraction of sp³-hybridized carbons (Fsp3) is 0.500. The molecule has 0 saturated carbocycles. The Morgan fingerprint density at radius 2 is 1.71 bits per heavy atom. The molecule has 0 aliphatic rings. The summed E-state index contributed by atoms with van der Waals surface area (Å²) >= 11 is 0. The first-order valence-corrected chi connectivity index (χ1v) is 5.74. The minimum absolute atomic E-state index is 0.384. The van der Waals surface area contributed by atoms with E-state index in [-0.39, 0.29) is 5.97 Å². The number of hydrogen-bond donors (Lipinski definition) is 0. The van der Waals surface area contributed by atoms with Gasteiger partial charge in [-0.1, -0.05) is 26.0 Å². The molecule has 0 radical (unpaired) electrons. The first-order chi connectivity index (χ1) is 7.86. The van der Waals surface area contributed by atoms with Crippen molar-refractivity contribution >= 4 is 5.97 Å². The van der Waals surface area contributed by atoms with E-state index in [1.54, 1.807) is 13.8 Å². The van der Waals surface area contributed by atoms with Crippen LogP contribution in [0.1, 0.15) is 39.2 Å². The zero-order valence-corrected chi connectivity index (χ0v) is 11.1. The van der Waals surface area contributed by atoms with Gasteiger partial charge in [0.2, 0.25) is 0 Å². The summed E-state index contributed by atoms with van der Waals surface area (Å²) in [6.45, 7) is 7.65. The van der Waals surface area contributed by atoms with Gasteiger partial charge in [-0.05, 0) is 37.5 Å². The molecule has 0 aliphatic carbocycles. The van der Waals surface area contributed by atoms with Crippen molar-refractivity contribution in [2.24, 2.45) is 0 Å². The maximum absolute atomic E-state index is 11.5. The molecule has 1 aromatic rings. The fourth-order valence-corrected chi connectivity index (χ4v) is 1.50. The summed E-state index contributed by atoms with van der Waals surface area (Å²) in [5.74, 6) is 0.771. The second-order valence-corrected chi connectivity index (χ2v) is 4.83. The summed E-state index contributed by atoms with van der Waals surface area (Å²) < 4.78 is 10.3. The Balaban J connectivity index is 2.79. The van der Waals surface area contributed by atoms with Gasteiger partial charge < -0.3 is 9.47 Å². The molecule has 0 heterocycles. The molecular weight excluding hydrogens is 216 g/mol. The molecule has 0 aromatic heterocycles. The Hall–Kier alpha value is -1.51. The van der Waals surface area contributed by atoms with Gasteiger partial charge in [0.1, 0.15) is 5.75 Å². The van der Waals surface area contributed by atoms with Gasteiger partial charge in [0.05, 0.1) is 7.11 Å². The Kier molecular flexibility index (Phi) is 4.16. The van der Waals surface area contributed by atoms with Crippen LogP contribution in [0.15, 0.2) is 24.3 Å². The molecule has 3 heteroatoms. The number of methoxy groups -OCH3 is 1. The molecule has 0 amide bonds. The average molecular weight is 236 g/mol. The molecule has 0 N–H and O–H groups in total. The van der Waals surface area contributed by atoms with Crippen LogP contribution in [-0.4, -0.2) is 18.7 Å². The standard InChI is InChI=1S/C14H20O3/c1-10(2)11-6-8-12(9-7-11)17-14(3,4)13(15)16-5/h6-10H,1-5H3. The lowest BCUT2D eigenvalue weighted by Gasteiger charge is -2.23. The first kappa shape index (κ1) is 13.6. The Bertz CT molecular complexity index is 377. The predicted octanol–water partition coefficient (Wildman–Crippen LogP) is 3.14. The maximum atomic E-state index is 11.5. The molecule has 94 valence electrons. The first-order valence-electron chi connectivity index (χ1n) is 5.74. The van der Waals surface area contributed by atoms with Crippen molar-refractivity contribution in [2.75, 3.05) is 7.11 Å². The quantitative estimate of drug-likeness (QED) is 0.753. The highest BCUT2D eigenvalue weighted by atomic mass is 16.6. The van der Waals surface area contributed by atoms with E-state index in [4.69, 9.17) is 4.74 Å². The number of benzene rings is 1. The second kappa shape index (κ2) is 5.21. The van der Waals surface area contributed by atoms with Crippen LogP contribution >= 0.6 is 0 Å². The number of rotatable bonds is 4. The van der Waals surface area contributed by atoms with Crippen LogP contribution in [0, 0.1) is 0 Å². The van der Waals surface area contributed by atoms with Gasteiger partial charge in [-0.25, -0.2) is 4.79 Å². The average Bonchev–Trinajstić information content (AvgIpc) is 2.28. The summed E-state index contributed by atoms with van der Waals surface area (Å²) in [6.07, 6.45) is 0. The third-order valence-corrected chi connectivity index (χ3v) is 2.60. The molecular formula is C14H20O3. The SMILES string of the molecule is COC(=O)C(C)(C)Oc1ccc(C(C)C)cc1. The summed E-state index contributed by atoms with van der Waals surface area (Å²) in [4.78, 5) is 11.5. The highest BCUT2D eigenvalue weighted by molar-refractivity contribution is 5.78. The fourth-order valence-electron chi connectivity index (χ4n) is 1.50. The third-order valence-electron chi connectivity index (χ3n) is 2.60. The maximum Gasteiger partial charge on any atom is 0.349 e. The van der Waals surface area contributed by atoms with Gasteiger partial charge >= 0.3 is 5.97 Å². The Morgan fingerprint density at radius 1 is 1.18 bits per heavy atom. The molecule has 1 rings (SSSR count). The zero-order valence-electron chi connectivity index (χ0n) is 11.1. The van der Waals surface area contributed by atoms with Crippen molar-refractivity contribution in [1.29, 1.82) is 0 Å². The minimum Gasteiger partial charge on any atom is -0.476 e. The molecule has 17 heavy (non-hydrogen) atoms. The van der Waals surface area contributed by atoms with Crippen molar-refractivity contribution in [3.05, 3.63) is 29.8 Å². The van der Waals surface area contributed by atoms with Crippen molar-refractivity contribution < 1.29 is 14.3 Å². The smallest absolute Gasteiger partial charge is 0.349 e. The van der Waals surface area contributed by atoms with Gasteiger partial charge in [0, 0.05) is 0 Å². The largest absolute Gasteiger partial charge is 0.476 e. The van der Waals surface area contributed by atoms with Crippen LogP contribution in [0.25, 0.3) is 0 Å². The van der Waals surface area contributed by atoms with E-state index >= 15 is 0 Å². The number of ether oxygens (including phenoxy) is 2. The van der Waals surface area contributed by atoms with Crippen molar-refractivity contribution in [2.45, 2.75) is 39.2 Å². The summed E-state index contributed by atoms with van der Waals surface area (Å²) in [5.41, 5.74) is 0.280. The summed E-state index contributed by atoms with van der Waals surface area (Å²) in [6, 6.07) is 7.76. The lowest BCUT2D eigenvalue weighted by molar-refractivity contribution is -0.156. The summed E-state index contributed by atoms with van der Waals surface area (Å²) in [7, 11) is 1.36. The van der Waals surface area contributed by atoms with Crippen molar-refractivity contribution in [1.82, 2.24) is 0 Å². The monoisotopic (exact) mass is 236 g/mol. The molecule has 0 atom stereocenters. The van der Waals surface area contributed by atoms with Crippen LogP contribution in [0.3, 0.4) is 0 Å². The van der Waals surface area contributed by atoms with E-state index < -0.39 is 5.60 Å². The molecule has 3 nitrogen and oxygen atoms in total. The number of carbonyl (C=O) groups is 1. The second-order valence-electron chi connectivity index (χ2n) is 4.83. The summed E-state index contributed by atoms with van der Waals surface area (Å²) in [5, 5.41) is 0. The van der Waals surface area contributed by atoms with Crippen LogP contribution < -0.4 is 4.74 Å².